The number of methoxy groups -OCH3 is 1. The van der Waals surface area contributed by atoms with Gasteiger partial charge < -0.3 is 28.4 Å². The molecule has 4 aromatic rings. The van der Waals surface area contributed by atoms with Gasteiger partial charge in [0.1, 0.15) is 11.5 Å². The van der Waals surface area contributed by atoms with Gasteiger partial charge in [-0.3, -0.25) is 0 Å². The molecule has 10 heteroatoms. The summed E-state index contributed by atoms with van der Waals surface area (Å²) in [5, 5.41) is 1.77. The Morgan fingerprint density at radius 1 is 0.680 bits per heavy atom. The summed E-state index contributed by atoms with van der Waals surface area (Å²) in [6, 6.07) is 21.8. The summed E-state index contributed by atoms with van der Waals surface area (Å²) in [7, 11) is 1.44. The van der Waals surface area contributed by atoms with E-state index in [0.29, 0.717) is 35.7 Å². The summed E-state index contributed by atoms with van der Waals surface area (Å²) in [4.78, 5) is 48.7. The van der Waals surface area contributed by atoms with Crippen molar-refractivity contribution in [3.63, 3.8) is 0 Å². The molecular formula is C40H40O10. The van der Waals surface area contributed by atoms with E-state index in [1.165, 1.54) is 37.5 Å². The number of ether oxygens (including phenoxy) is 6. The van der Waals surface area contributed by atoms with E-state index in [4.69, 9.17) is 28.4 Å². The van der Waals surface area contributed by atoms with Crippen LogP contribution in [0.2, 0.25) is 0 Å². The normalized spacial score (nSPS) is 10.8. The molecular weight excluding hydrogens is 640 g/mol. The minimum Gasteiger partial charge on any atom is -0.494 e. The molecule has 0 saturated carbocycles. The average molecular weight is 681 g/mol. The number of rotatable bonds is 17. The predicted octanol–water partition coefficient (Wildman–Crippen LogP) is 7.92. The van der Waals surface area contributed by atoms with Crippen LogP contribution in [-0.4, -0.2) is 50.8 Å². The standard InChI is InChI=1S/C40H40O10/c1-5-46-37(41)21-11-28-10-20-35(36(24-28)45-4)50-39(43)29-14-17-33(18-15-29)49-40(44)32-13-12-31-26-34(19-16-30(31)25-32)47-22-8-6-7-9-23-48-38(42)27(2)3/h10-21,24-26H,2,5-9,22-23H2,1,3-4H3/b21-11+. The SMILES string of the molecule is C=C(C)C(=O)OCCCCCCOc1ccc2cc(C(=O)Oc3ccc(C(=O)Oc4ccc(/C=C/C(=O)OCC)cc4OC)cc3)ccc2c1. The Kier molecular flexibility index (Phi) is 13.7. The maximum Gasteiger partial charge on any atom is 0.343 e. The molecule has 0 amide bonds. The fourth-order valence-corrected chi connectivity index (χ4v) is 4.69. The van der Waals surface area contributed by atoms with Crippen LogP contribution in [0.3, 0.4) is 0 Å². The van der Waals surface area contributed by atoms with Gasteiger partial charge in [-0.1, -0.05) is 24.8 Å². The van der Waals surface area contributed by atoms with Gasteiger partial charge in [-0.15, -0.1) is 0 Å². The van der Waals surface area contributed by atoms with Crippen LogP contribution in [0, 0.1) is 0 Å². The Balaban J connectivity index is 1.26. The Morgan fingerprint density at radius 2 is 1.34 bits per heavy atom. The number of hydrogen-bond acceptors (Lipinski definition) is 10. The Hall–Kier alpha value is -5.90. The lowest BCUT2D eigenvalue weighted by molar-refractivity contribution is -0.139. The molecule has 0 aliphatic carbocycles. The molecule has 0 fully saturated rings. The van der Waals surface area contributed by atoms with Crippen LogP contribution >= 0.6 is 0 Å². The number of carbonyl (C=O) groups excluding carboxylic acids is 4. The highest BCUT2D eigenvalue weighted by atomic mass is 16.6. The molecule has 0 N–H and O–H groups in total. The fraction of sp³-hybridized carbons (Fsp3) is 0.250. The lowest BCUT2D eigenvalue weighted by atomic mass is 10.1. The zero-order valence-electron chi connectivity index (χ0n) is 28.4. The van der Waals surface area contributed by atoms with Gasteiger partial charge in [0, 0.05) is 11.6 Å². The van der Waals surface area contributed by atoms with Crippen LogP contribution in [0.1, 0.15) is 65.8 Å². The Morgan fingerprint density at radius 3 is 2.06 bits per heavy atom. The molecule has 4 rings (SSSR count). The van der Waals surface area contributed by atoms with Crippen molar-refractivity contribution in [2.45, 2.75) is 39.5 Å². The van der Waals surface area contributed by atoms with Crippen molar-refractivity contribution in [3.05, 3.63) is 114 Å². The van der Waals surface area contributed by atoms with Gasteiger partial charge in [0.15, 0.2) is 11.5 Å². The maximum atomic E-state index is 12.9. The van der Waals surface area contributed by atoms with Crippen molar-refractivity contribution in [2.75, 3.05) is 26.9 Å². The first kappa shape index (κ1) is 36.9. The molecule has 0 atom stereocenters. The van der Waals surface area contributed by atoms with Crippen molar-refractivity contribution in [3.8, 4) is 23.0 Å². The van der Waals surface area contributed by atoms with E-state index in [2.05, 4.69) is 6.58 Å². The molecule has 0 radical (unpaired) electrons. The topological polar surface area (TPSA) is 124 Å². The minimum absolute atomic E-state index is 0.198. The molecule has 50 heavy (non-hydrogen) atoms. The molecule has 0 spiro atoms. The average Bonchev–Trinajstić information content (AvgIpc) is 3.12. The lowest BCUT2D eigenvalue weighted by Crippen LogP contribution is -2.10. The molecule has 0 aromatic heterocycles. The number of fused-ring (bicyclic) bond motifs is 1. The number of unbranched alkanes of at least 4 members (excludes halogenated alkanes) is 3. The summed E-state index contributed by atoms with van der Waals surface area (Å²) in [6.07, 6.45) is 6.44. The third kappa shape index (κ3) is 11.1. The molecule has 10 nitrogen and oxygen atoms in total. The zero-order valence-corrected chi connectivity index (χ0v) is 28.4. The molecule has 0 saturated heterocycles. The van der Waals surface area contributed by atoms with Crippen LogP contribution in [-0.2, 0) is 19.1 Å². The number of hydrogen-bond donors (Lipinski definition) is 0. The second-order valence-electron chi connectivity index (χ2n) is 11.2. The lowest BCUT2D eigenvalue weighted by Gasteiger charge is -2.11. The third-order valence-electron chi connectivity index (χ3n) is 7.33. The number of benzene rings is 4. The van der Waals surface area contributed by atoms with Gasteiger partial charge in [-0.2, -0.15) is 0 Å². The summed E-state index contributed by atoms with van der Waals surface area (Å²) in [5.41, 5.74) is 1.67. The van der Waals surface area contributed by atoms with Crippen LogP contribution in [0.5, 0.6) is 23.0 Å². The second-order valence-corrected chi connectivity index (χ2v) is 11.2. The van der Waals surface area contributed by atoms with Gasteiger partial charge in [0.2, 0.25) is 0 Å². The third-order valence-corrected chi connectivity index (χ3v) is 7.33. The first-order chi connectivity index (χ1) is 24.2. The second kappa shape index (κ2) is 18.6. The van der Waals surface area contributed by atoms with Crippen LogP contribution in [0.4, 0.5) is 0 Å². The van der Waals surface area contributed by atoms with Gasteiger partial charge in [-0.05, 0) is 123 Å². The monoisotopic (exact) mass is 680 g/mol. The summed E-state index contributed by atoms with van der Waals surface area (Å²) in [6.45, 7) is 8.15. The maximum absolute atomic E-state index is 12.9. The number of carbonyl (C=O) groups is 4. The summed E-state index contributed by atoms with van der Waals surface area (Å²) in [5.74, 6) is -0.495. The van der Waals surface area contributed by atoms with Crippen molar-refractivity contribution in [2.24, 2.45) is 0 Å². The Bertz CT molecular complexity index is 1860. The first-order valence-electron chi connectivity index (χ1n) is 16.2. The van der Waals surface area contributed by atoms with E-state index >= 15 is 0 Å². The molecule has 0 bridgehead atoms. The highest BCUT2D eigenvalue weighted by Crippen LogP contribution is 2.30. The fourth-order valence-electron chi connectivity index (χ4n) is 4.69. The van der Waals surface area contributed by atoms with Gasteiger partial charge in [0.05, 0.1) is 38.1 Å². The van der Waals surface area contributed by atoms with E-state index in [1.807, 2.05) is 24.3 Å². The van der Waals surface area contributed by atoms with Gasteiger partial charge in [0.25, 0.3) is 0 Å². The van der Waals surface area contributed by atoms with Gasteiger partial charge in [-0.25, -0.2) is 19.2 Å². The molecule has 0 unspecified atom stereocenters. The summed E-state index contributed by atoms with van der Waals surface area (Å²) < 4.78 is 32.3. The van der Waals surface area contributed by atoms with E-state index < -0.39 is 17.9 Å². The van der Waals surface area contributed by atoms with Crippen molar-refractivity contribution >= 4 is 40.7 Å². The Labute approximate surface area is 291 Å². The zero-order chi connectivity index (χ0) is 35.9. The van der Waals surface area contributed by atoms with Crippen molar-refractivity contribution in [1.29, 1.82) is 0 Å². The molecule has 0 aliphatic rings. The number of esters is 4. The largest absolute Gasteiger partial charge is 0.494 e. The first-order valence-corrected chi connectivity index (χ1v) is 16.2. The molecule has 0 heterocycles. The van der Waals surface area contributed by atoms with E-state index in [9.17, 15) is 19.2 Å². The highest BCUT2D eigenvalue weighted by molar-refractivity contribution is 5.97. The minimum atomic E-state index is -0.632. The predicted molar refractivity (Wildman–Crippen MR) is 189 cm³/mol. The van der Waals surface area contributed by atoms with E-state index in [0.717, 1.165) is 42.2 Å². The molecule has 0 aliphatic heterocycles. The molecule has 260 valence electrons. The quantitative estimate of drug-likeness (QED) is 0.0470. The van der Waals surface area contributed by atoms with Crippen molar-refractivity contribution < 1.29 is 47.6 Å². The smallest absolute Gasteiger partial charge is 0.343 e. The van der Waals surface area contributed by atoms with Crippen molar-refractivity contribution in [1.82, 2.24) is 0 Å². The van der Waals surface area contributed by atoms with Crippen LogP contribution in [0.25, 0.3) is 16.8 Å². The van der Waals surface area contributed by atoms with E-state index in [-0.39, 0.29) is 29.6 Å². The van der Waals surface area contributed by atoms with Gasteiger partial charge >= 0.3 is 23.9 Å². The highest BCUT2D eigenvalue weighted by Gasteiger charge is 2.15. The molecule has 4 aromatic carbocycles. The van der Waals surface area contributed by atoms with Crippen LogP contribution in [0.15, 0.2) is 97.1 Å². The van der Waals surface area contributed by atoms with E-state index in [1.54, 1.807) is 50.3 Å². The van der Waals surface area contributed by atoms with Crippen LogP contribution < -0.4 is 18.9 Å². The summed E-state index contributed by atoms with van der Waals surface area (Å²) >= 11 is 0.